The number of aromatic nitrogens is 2. The van der Waals surface area contributed by atoms with Crippen LogP contribution in [0.15, 0.2) is 35.3 Å². The second kappa shape index (κ2) is 7.57. The first-order chi connectivity index (χ1) is 11.7. The normalized spacial score (nSPS) is 18.0. The van der Waals surface area contributed by atoms with Gasteiger partial charge in [-0.25, -0.2) is 0 Å². The Kier molecular flexibility index (Phi) is 5.25. The molecule has 1 aromatic carbocycles. The molecule has 1 unspecified atom stereocenters. The molecule has 2 heterocycles. The number of fused-ring (bicyclic) bond motifs is 1. The lowest BCUT2D eigenvalue weighted by Gasteiger charge is -2.32. The maximum absolute atomic E-state index is 12.5. The van der Waals surface area contributed by atoms with E-state index in [1.165, 1.54) is 6.20 Å². The first kappa shape index (κ1) is 16.6. The highest BCUT2D eigenvalue weighted by atomic mass is 16.5. The van der Waals surface area contributed by atoms with E-state index in [4.69, 9.17) is 4.74 Å². The molecular weight excluding hydrogens is 306 g/mol. The lowest BCUT2D eigenvalue weighted by molar-refractivity contribution is -0.135. The Morgan fingerprint density at radius 1 is 1.38 bits per heavy atom. The van der Waals surface area contributed by atoms with Crippen molar-refractivity contribution in [1.82, 2.24) is 14.7 Å². The molecule has 1 atom stereocenters. The van der Waals surface area contributed by atoms with E-state index in [1.54, 1.807) is 10.7 Å². The van der Waals surface area contributed by atoms with Crippen molar-refractivity contribution in [2.45, 2.75) is 38.8 Å². The lowest BCUT2D eigenvalue weighted by atomic mass is 10.1. The third-order valence-electron chi connectivity index (χ3n) is 4.43. The van der Waals surface area contributed by atoms with Crippen LogP contribution in [-0.2, 0) is 16.1 Å². The number of hydrogen-bond acceptors (Lipinski definition) is 4. The largest absolute Gasteiger partial charge is 0.377 e. The number of hydrogen-bond donors (Lipinski definition) is 0. The van der Waals surface area contributed by atoms with Gasteiger partial charge in [-0.05, 0) is 31.9 Å². The van der Waals surface area contributed by atoms with Crippen LogP contribution in [0.3, 0.4) is 0 Å². The average molecular weight is 329 g/mol. The first-order valence-electron chi connectivity index (χ1n) is 8.53. The summed E-state index contributed by atoms with van der Waals surface area (Å²) in [6, 6.07) is 7.36. The van der Waals surface area contributed by atoms with Crippen molar-refractivity contribution >= 4 is 16.8 Å². The maximum Gasteiger partial charge on any atom is 0.224 e. The fraction of sp³-hybridized carbons (Fsp3) is 0.500. The molecule has 0 spiro atoms. The predicted molar refractivity (Wildman–Crippen MR) is 91.8 cm³/mol. The fourth-order valence-electron chi connectivity index (χ4n) is 3.24. The van der Waals surface area contributed by atoms with Gasteiger partial charge < -0.3 is 9.64 Å². The van der Waals surface area contributed by atoms with Crippen molar-refractivity contribution in [3.05, 3.63) is 40.7 Å². The van der Waals surface area contributed by atoms with Gasteiger partial charge in [0.25, 0.3) is 0 Å². The molecule has 3 rings (SSSR count). The van der Waals surface area contributed by atoms with Crippen LogP contribution in [0.1, 0.15) is 26.2 Å². The molecule has 1 aromatic heterocycles. The van der Waals surface area contributed by atoms with Gasteiger partial charge in [0, 0.05) is 31.5 Å². The molecule has 2 aromatic rings. The molecule has 1 fully saturated rings. The Bertz CT molecular complexity index is 769. The molecule has 0 saturated carbocycles. The molecule has 1 amide bonds. The van der Waals surface area contributed by atoms with E-state index in [2.05, 4.69) is 5.10 Å². The smallest absolute Gasteiger partial charge is 0.224 e. The molecule has 6 heteroatoms. The van der Waals surface area contributed by atoms with Crippen molar-refractivity contribution in [2.75, 3.05) is 19.7 Å². The number of carbonyl (C=O) groups excluding carboxylic acids is 1. The Balaban J connectivity index is 1.66. The number of rotatable bonds is 5. The second-order valence-electron chi connectivity index (χ2n) is 6.06. The van der Waals surface area contributed by atoms with Gasteiger partial charge in [-0.2, -0.15) is 5.10 Å². The Hall–Kier alpha value is -2.21. The first-order valence-corrected chi connectivity index (χ1v) is 8.53. The Labute approximate surface area is 141 Å². The van der Waals surface area contributed by atoms with Crippen LogP contribution in [-0.4, -0.2) is 46.4 Å². The summed E-state index contributed by atoms with van der Waals surface area (Å²) in [5.41, 5.74) is 0.674. The van der Waals surface area contributed by atoms with Crippen LogP contribution in [0.2, 0.25) is 0 Å². The highest BCUT2D eigenvalue weighted by molar-refractivity contribution is 5.79. The lowest BCUT2D eigenvalue weighted by Crippen LogP contribution is -2.43. The molecule has 0 bridgehead atoms. The molecule has 128 valence electrons. The molecule has 0 N–H and O–H groups in total. The van der Waals surface area contributed by atoms with Gasteiger partial charge in [-0.1, -0.05) is 12.1 Å². The quantitative estimate of drug-likeness (QED) is 0.839. The number of nitrogens with zero attached hydrogens (tertiary/aromatic N) is 3. The molecule has 1 saturated heterocycles. The minimum absolute atomic E-state index is 0.0937. The van der Waals surface area contributed by atoms with Crippen LogP contribution in [0.25, 0.3) is 10.9 Å². The van der Waals surface area contributed by atoms with E-state index in [-0.39, 0.29) is 17.4 Å². The number of piperidine rings is 1. The van der Waals surface area contributed by atoms with Gasteiger partial charge in [-0.15, -0.1) is 0 Å². The monoisotopic (exact) mass is 329 g/mol. The Morgan fingerprint density at radius 3 is 3.04 bits per heavy atom. The van der Waals surface area contributed by atoms with Gasteiger partial charge in [0.15, 0.2) is 0 Å². The number of aryl methyl sites for hydroxylation is 1. The van der Waals surface area contributed by atoms with E-state index >= 15 is 0 Å². The minimum atomic E-state index is -0.0937. The highest BCUT2D eigenvalue weighted by Crippen LogP contribution is 2.15. The van der Waals surface area contributed by atoms with E-state index < -0.39 is 0 Å². The van der Waals surface area contributed by atoms with Gasteiger partial charge in [0.05, 0.1) is 24.4 Å². The van der Waals surface area contributed by atoms with Crippen molar-refractivity contribution in [2.24, 2.45) is 0 Å². The summed E-state index contributed by atoms with van der Waals surface area (Å²) in [6.07, 6.45) is 3.84. The highest BCUT2D eigenvalue weighted by Gasteiger charge is 2.23. The maximum atomic E-state index is 12.5. The number of para-hydroxylation sites is 1. The van der Waals surface area contributed by atoms with Gasteiger partial charge in [0.2, 0.25) is 11.3 Å². The van der Waals surface area contributed by atoms with Crippen molar-refractivity contribution in [3.8, 4) is 0 Å². The number of carbonyl (C=O) groups is 1. The van der Waals surface area contributed by atoms with E-state index in [0.29, 0.717) is 31.5 Å². The third-order valence-corrected chi connectivity index (χ3v) is 4.43. The zero-order valence-electron chi connectivity index (χ0n) is 14.0. The molecule has 24 heavy (non-hydrogen) atoms. The minimum Gasteiger partial charge on any atom is -0.377 e. The summed E-state index contributed by atoms with van der Waals surface area (Å²) in [7, 11) is 0. The average Bonchev–Trinajstić information content (AvgIpc) is 2.62. The standard InChI is InChI=1S/C18H23N3O3/c1-2-24-14-6-5-10-20(13-14)18(23)9-11-21-16-8-4-3-7-15(16)17(22)12-19-21/h3-4,7-8,12,14H,2,5-6,9-11,13H2,1H3. The predicted octanol–water partition coefficient (Wildman–Crippen LogP) is 1.81. The summed E-state index contributed by atoms with van der Waals surface area (Å²) in [5, 5.41) is 4.81. The van der Waals surface area contributed by atoms with E-state index in [1.807, 2.05) is 30.0 Å². The molecule has 0 aliphatic carbocycles. The van der Waals surface area contributed by atoms with Crippen molar-refractivity contribution in [3.63, 3.8) is 0 Å². The van der Waals surface area contributed by atoms with E-state index in [0.717, 1.165) is 24.9 Å². The summed E-state index contributed by atoms with van der Waals surface area (Å²) < 4.78 is 7.39. The summed E-state index contributed by atoms with van der Waals surface area (Å²) in [5.74, 6) is 0.115. The van der Waals surface area contributed by atoms with Gasteiger partial charge in [-0.3, -0.25) is 14.3 Å². The number of ether oxygens (including phenoxy) is 1. The van der Waals surface area contributed by atoms with Gasteiger partial charge >= 0.3 is 0 Å². The van der Waals surface area contributed by atoms with E-state index in [9.17, 15) is 9.59 Å². The zero-order chi connectivity index (χ0) is 16.9. The summed E-state index contributed by atoms with van der Waals surface area (Å²) in [6.45, 7) is 4.59. The summed E-state index contributed by atoms with van der Waals surface area (Å²) >= 11 is 0. The molecule has 1 aliphatic rings. The number of likely N-dealkylation sites (tertiary alicyclic amines) is 1. The molecular formula is C18H23N3O3. The van der Waals surface area contributed by atoms with Crippen molar-refractivity contribution < 1.29 is 9.53 Å². The number of benzene rings is 1. The fourth-order valence-corrected chi connectivity index (χ4v) is 3.24. The second-order valence-corrected chi connectivity index (χ2v) is 6.06. The third kappa shape index (κ3) is 3.64. The van der Waals surface area contributed by atoms with Crippen LogP contribution in [0.5, 0.6) is 0 Å². The topological polar surface area (TPSA) is 64.4 Å². The summed E-state index contributed by atoms with van der Waals surface area (Å²) in [4.78, 5) is 26.2. The Morgan fingerprint density at radius 2 is 2.21 bits per heavy atom. The molecule has 0 radical (unpaired) electrons. The van der Waals surface area contributed by atoms with Crippen molar-refractivity contribution in [1.29, 1.82) is 0 Å². The van der Waals surface area contributed by atoms with Gasteiger partial charge in [0.1, 0.15) is 0 Å². The van der Waals surface area contributed by atoms with Crippen LogP contribution in [0.4, 0.5) is 0 Å². The zero-order valence-corrected chi connectivity index (χ0v) is 14.0. The molecule has 6 nitrogen and oxygen atoms in total. The van der Waals surface area contributed by atoms with Crippen LogP contribution in [0, 0.1) is 0 Å². The van der Waals surface area contributed by atoms with Crippen LogP contribution >= 0.6 is 0 Å². The SMILES string of the molecule is CCOC1CCCN(C(=O)CCn2ncc(=O)c3ccccc32)C1. The number of amides is 1. The molecule has 1 aliphatic heterocycles. The van der Waals surface area contributed by atoms with Crippen LogP contribution < -0.4 is 5.43 Å².